The number of aromatic nitrogens is 1. The van der Waals surface area contributed by atoms with Crippen molar-refractivity contribution in [2.24, 2.45) is 0 Å². The van der Waals surface area contributed by atoms with E-state index < -0.39 is 0 Å². The Balaban J connectivity index is 1.69. The van der Waals surface area contributed by atoms with Crippen LogP contribution in [-0.4, -0.2) is 60.9 Å². The van der Waals surface area contributed by atoms with Crippen molar-refractivity contribution in [3.63, 3.8) is 0 Å². The first kappa shape index (κ1) is 17.2. The van der Waals surface area contributed by atoms with Gasteiger partial charge in [-0.1, -0.05) is 6.07 Å². The average molecular weight is 334 g/mol. The van der Waals surface area contributed by atoms with E-state index in [0.717, 1.165) is 32.2 Å². The van der Waals surface area contributed by atoms with Gasteiger partial charge in [-0.3, -0.25) is 4.79 Å². The summed E-state index contributed by atoms with van der Waals surface area (Å²) in [4.78, 5) is 18.7. The lowest BCUT2D eigenvalue weighted by Gasteiger charge is -2.43. The van der Waals surface area contributed by atoms with Crippen LogP contribution in [0.15, 0.2) is 24.4 Å². The molecular weight excluding hydrogens is 308 g/mol. The molecule has 0 unspecified atom stereocenters. The van der Waals surface area contributed by atoms with Crippen LogP contribution in [0.4, 0.5) is 0 Å². The van der Waals surface area contributed by atoms with E-state index in [9.17, 15) is 4.79 Å². The normalized spacial score (nSPS) is 29.3. The molecule has 1 saturated carbocycles. The van der Waals surface area contributed by atoms with Gasteiger partial charge in [0.2, 0.25) is 11.8 Å². The van der Waals surface area contributed by atoms with Crippen LogP contribution in [0.2, 0.25) is 0 Å². The second kappa shape index (κ2) is 7.49. The van der Waals surface area contributed by atoms with Crippen LogP contribution in [0.1, 0.15) is 32.1 Å². The number of pyridine rings is 1. The number of likely N-dealkylation sites (tertiary alicyclic amines) is 1. The largest absolute Gasteiger partial charge is 0.474 e. The van der Waals surface area contributed by atoms with Crippen molar-refractivity contribution in [1.29, 1.82) is 0 Å². The summed E-state index contributed by atoms with van der Waals surface area (Å²) in [7, 11) is 3.38. The van der Waals surface area contributed by atoms with E-state index >= 15 is 0 Å². The molecule has 24 heavy (non-hydrogen) atoms. The Morgan fingerprint density at radius 3 is 2.96 bits per heavy atom. The Labute approximate surface area is 143 Å². The molecule has 0 N–H and O–H groups in total. The Morgan fingerprint density at radius 1 is 1.38 bits per heavy atom. The van der Waals surface area contributed by atoms with E-state index in [1.165, 1.54) is 0 Å². The summed E-state index contributed by atoms with van der Waals surface area (Å²) in [6.45, 7) is 1.20. The lowest BCUT2D eigenvalue weighted by Crippen LogP contribution is -2.53. The number of carbonyl (C=O) groups is 1. The number of rotatable bonds is 6. The highest BCUT2D eigenvalue weighted by molar-refractivity contribution is 5.77. The molecule has 1 aliphatic heterocycles. The second-order valence-corrected chi connectivity index (χ2v) is 6.55. The fourth-order valence-electron chi connectivity index (χ4n) is 3.99. The number of methoxy groups -OCH3 is 2. The predicted octanol–water partition coefficient (Wildman–Crippen LogP) is 2.04. The fourth-order valence-corrected chi connectivity index (χ4v) is 3.99. The summed E-state index contributed by atoms with van der Waals surface area (Å²) in [5, 5.41) is 0. The van der Waals surface area contributed by atoms with Gasteiger partial charge in [-0.2, -0.15) is 0 Å². The minimum Gasteiger partial charge on any atom is -0.474 e. The monoisotopic (exact) mass is 334 g/mol. The third kappa shape index (κ3) is 3.39. The molecule has 0 spiro atoms. The van der Waals surface area contributed by atoms with E-state index in [1.54, 1.807) is 20.4 Å². The SMILES string of the molecule is COCCC(=O)N1CC[C@]2(OC)CC[C@@H](Oc3ccccn3)C[C@H]12. The molecular formula is C18H26N2O4. The molecule has 1 aromatic rings. The summed E-state index contributed by atoms with van der Waals surface area (Å²) in [5.74, 6) is 0.780. The predicted molar refractivity (Wildman–Crippen MR) is 88.9 cm³/mol. The summed E-state index contributed by atoms with van der Waals surface area (Å²) in [6.07, 6.45) is 5.70. The minimum absolute atomic E-state index is 0.0593. The van der Waals surface area contributed by atoms with Crippen LogP contribution in [-0.2, 0) is 14.3 Å². The van der Waals surface area contributed by atoms with Gasteiger partial charge in [0.1, 0.15) is 6.10 Å². The van der Waals surface area contributed by atoms with Crippen LogP contribution in [0.25, 0.3) is 0 Å². The topological polar surface area (TPSA) is 60.9 Å². The molecule has 0 aromatic carbocycles. The van der Waals surface area contributed by atoms with E-state index in [1.807, 2.05) is 23.1 Å². The van der Waals surface area contributed by atoms with Crippen LogP contribution >= 0.6 is 0 Å². The highest BCUT2D eigenvalue weighted by Gasteiger charge is 2.52. The molecule has 1 amide bonds. The van der Waals surface area contributed by atoms with Crippen LogP contribution < -0.4 is 4.74 Å². The van der Waals surface area contributed by atoms with Gasteiger partial charge in [-0.05, 0) is 25.3 Å². The van der Waals surface area contributed by atoms with Gasteiger partial charge < -0.3 is 19.1 Å². The third-order valence-corrected chi connectivity index (χ3v) is 5.31. The molecule has 3 atom stereocenters. The van der Waals surface area contributed by atoms with Crippen molar-refractivity contribution < 1.29 is 19.0 Å². The zero-order valence-electron chi connectivity index (χ0n) is 14.4. The fraction of sp³-hybridized carbons (Fsp3) is 0.667. The van der Waals surface area contributed by atoms with Gasteiger partial charge in [0.25, 0.3) is 0 Å². The number of hydrogen-bond donors (Lipinski definition) is 0. The molecule has 1 saturated heterocycles. The van der Waals surface area contributed by atoms with Crippen LogP contribution in [0.5, 0.6) is 5.88 Å². The number of fused-ring (bicyclic) bond motifs is 1. The molecule has 0 radical (unpaired) electrons. The van der Waals surface area contributed by atoms with Gasteiger partial charge in [-0.25, -0.2) is 4.98 Å². The van der Waals surface area contributed by atoms with E-state index in [-0.39, 0.29) is 23.7 Å². The molecule has 1 aliphatic carbocycles. The van der Waals surface area contributed by atoms with Crippen LogP contribution in [0, 0.1) is 0 Å². The second-order valence-electron chi connectivity index (χ2n) is 6.55. The van der Waals surface area contributed by atoms with Crippen molar-refractivity contribution in [1.82, 2.24) is 9.88 Å². The lowest BCUT2D eigenvalue weighted by molar-refractivity contribution is -0.140. The van der Waals surface area contributed by atoms with Gasteiger partial charge in [-0.15, -0.1) is 0 Å². The summed E-state index contributed by atoms with van der Waals surface area (Å²) >= 11 is 0. The van der Waals surface area contributed by atoms with Gasteiger partial charge >= 0.3 is 0 Å². The van der Waals surface area contributed by atoms with Crippen molar-refractivity contribution >= 4 is 5.91 Å². The molecule has 0 bridgehead atoms. The zero-order chi connectivity index (χ0) is 17.0. The molecule has 2 aliphatic rings. The molecule has 1 aromatic heterocycles. The van der Waals surface area contributed by atoms with E-state index in [2.05, 4.69) is 4.98 Å². The smallest absolute Gasteiger partial charge is 0.225 e. The Bertz CT molecular complexity index is 553. The molecule has 3 rings (SSSR count). The molecule has 2 fully saturated rings. The lowest BCUT2D eigenvalue weighted by atomic mass is 9.79. The standard InChI is InChI=1S/C18H26N2O4/c1-22-12-7-17(21)20-11-9-18(23-2)8-6-14(13-15(18)20)24-16-5-3-4-10-19-16/h3-5,10,14-15H,6-9,11-13H2,1-2H3/t14-,15+,18-/m1/s1. The molecule has 6 nitrogen and oxygen atoms in total. The first-order valence-electron chi connectivity index (χ1n) is 8.60. The summed E-state index contributed by atoms with van der Waals surface area (Å²) in [6, 6.07) is 5.72. The Hall–Kier alpha value is -1.66. The van der Waals surface area contributed by atoms with Gasteiger partial charge in [0.05, 0.1) is 24.7 Å². The third-order valence-electron chi connectivity index (χ3n) is 5.31. The van der Waals surface area contributed by atoms with E-state index in [0.29, 0.717) is 18.9 Å². The minimum atomic E-state index is -0.229. The van der Waals surface area contributed by atoms with Gasteiger partial charge in [0, 0.05) is 39.4 Å². The molecule has 132 valence electrons. The van der Waals surface area contributed by atoms with E-state index in [4.69, 9.17) is 14.2 Å². The number of nitrogens with zero attached hydrogens (tertiary/aromatic N) is 2. The summed E-state index contributed by atoms with van der Waals surface area (Å²) in [5.41, 5.74) is -0.229. The number of carbonyl (C=O) groups excluding carboxylic acids is 1. The summed E-state index contributed by atoms with van der Waals surface area (Å²) < 4.78 is 17.0. The maximum Gasteiger partial charge on any atom is 0.225 e. The quantitative estimate of drug-likeness (QED) is 0.797. The van der Waals surface area contributed by atoms with Crippen molar-refractivity contribution in [3.8, 4) is 5.88 Å². The maximum absolute atomic E-state index is 12.5. The number of ether oxygens (including phenoxy) is 3. The molecule has 2 heterocycles. The first-order chi connectivity index (χ1) is 11.7. The Morgan fingerprint density at radius 2 is 2.25 bits per heavy atom. The zero-order valence-corrected chi connectivity index (χ0v) is 14.4. The number of amides is 1. The maximum atomic E-state index is 12.5. The molecule has 6 heteroatoms. The highest BCUT2D eigenvalue weighted by atomic mass is 16.5. The Kier molecular flexibility index (Phi) is 5.36. The van der Waals surface area contributed by atoms with Crippen molar-refractivity contribution in [2.75, 3.05) is 27.4 Å². The average Bonchev–Trinajstić information content (AvgIpc) is 3.00. The number of hydrogen-bond acceptors (Lipinski definition) is 5. The first-order valence-corrected chi connectivity index (χ1v) is 8.60. The van der Waals surface area contributed by atoms with Crippen molar-refractivity contribution in [2.45, 2.75) is 49.9 Å². The van der Waals surface area contributed by atoms with Crippen molar-refractivity contribution in [3.05, 3.63) is 24.4 Å². The highest BCUT2D eigenvalue weighted by Crippen LogP contribution is 2.43. The van der Waals surface area contributed by atoms with Gasteiger partial charge in [0.15, 0.2) is 0 Å². The van der Waals surface area contributed by atoms with Crippen LogP contribution in [0.3, 0.4) is 0 Å².